The van der Waals surface area contributed by atoms with Crippen molar-refractivity contribution in [2.45, 2.75) is 6.18 Å². The van der Waals surface area contributed by atoms with E-state index < -0.39 is 11.7 Å². The molecule has 0 spiro atoms. The van der Waals surface area contributed by atoms with Gasteiger partial charge in [0.25, 0.3) is 0 Å². The Kier molecular flexibility index (Phi) is 4.65. The first-order chi connectivity index (χ1) is 10.3. The molecule has 0 saturated heterocycles. The smallest absolute Gasteiger partial charge is 0.369 e. The molecule has 0 N–H and O–H groups in total. The molecule has 2 rings (SSSR count). The van der Waals surface area contributed by atoms with Gasteiger partial charge in [-0.2, -0.15) is 13.2 Å². The largest absolute Gasteiger partial charge is 0.417 e. The van der Waals surface area contributed by atoms with Crippen LogP contribution in [0.1, 0.15) is 5.56 Å². The van der Waals surface area contributed by atoms with Gasteiger partial charge in [-0.1, -0.05) is 17.7 Å². The van der Waals surface area contributed by atoms with Gasteiger partial charge in [0.1, 0.15) is 0 Å². The molecule has 0 aliphatic carbocycles. The van der Waals surface area contributed by atoms with Crippen LogP contribution in [0.15, 0.2) is 35.6 Å². The maximum atomic E-state index is 12.8. The van der Waals surface area contributed by atoms with Gasteiger partial charge in [-0.15, -0.1) is 0 Å². The van der Waals surface area contributed by atoms with E-state index in [-0.39, 0.29) is 10.6 Å². The fraction of sp³-hybridized carbons (Fsp3) is 0.214. The molecule has 4 nitrogen and oxygen atoms in total. The molecule has 0 amide bonds. The number of benzene rings is 1. The summed E-state index contributed by atoms with van der Waals surface area (Å²) < 4.78 is 38.5. The Morgan fingerprint density at radius 3 is 2.45 bits per heavy atom. The Morgan fingerprint density at radius 1 is 1.18 bits per heavy atom. The number of alkyl halides is 3. The summed E-state index contributed by atoms with van der Waals surface area (Å²) in [5, 5.41) is -0.351. The standard InChI is InChI=1S/C14H12ClF3N4/c1-22(2)8-21-13-7-19-12(6-20-13)9-3-4-11(15)10(5-9)14(16,17)18/h3-8H,1-2H3/b21-8+. The molecular weight excluding hydrogens is 317 g/mol. The Balaban J connectivity index is 2.33. The molecule has 2 aromatic rings. The maximum absolute atomic E-state index is 12.8. The number of aromatic nitrogens is 2. The molecule has 1 aromatic carbocycles. The van der Waals surface area contributed by atoms with E-state index >= 15 is 0 Å². The minimum absolute atomic E-state index is 0.285. The van der Waals surface area contributed by atoms with Gasteiger partial charge in [0.15, 0.2) is 5.82 Å². The number of rotatable bonds is 3. The predicted molar refractivity (Wildman–Crippen MR) is 79.3 cm³/mol. The van der Waals surface area contributed by atoms with Crippen molar-refractivity contribution in [3.63, 3.8) is 0 Å². The van der Waals surface area contributed by atoms with Crippen molar-refractivity contribution in [1.29, 1.82) is 0 Å². The predicted octanol–water partition coefficient (Wildman–Crippen LogP) is 4.04. The summed E-state index contributed by atoms with van der Waals surface area (Å²) in [6.45, 7) is 0. The second-order valence-electron chi connectivity index (χ2n) is 4.66. The fourth-order valence-electron chi connectivity index (χ4n) is 1.61. The maximum Gasteiger partial charge on any atom is 0.417 e. The topological polar surface area (TPSA) is 41.4 Å². The van der Waals surface area contributed by atoms with Crippen LogP contribution < -0.4 is 0 Å². The van der Waals surface area contributed by atoms with E-state index in [9.17, 15) is 13.2 Å². The third-order valence-corrected chi connectivity index (χ3v) is 2.96. The van der Waals surface area contributed by atoms with Gasteiger partial charge in [-0.3, -0.25) is 4.98 Å². The molecule has 0 atom stereocenters. The second-order valence-corrected chi connectivity index (χ2v) is 5.07. The minimum Gasteiger partial charge on any atom is -0.369 e. The molecule has 0 unspecified atom stereocenters. The van der Waals surface area contributed by atoms with Crippen LogP contribution in [0.25, 0.3) is 11.3 Å². The third-order valence-electron chi connectivity index (χ3n) is 2.63. The van der Waals surface area contributed by atoms with Gasteiger partial charge in [0.05, 0.1) is 35.0 Å². The lowest BCUT2D eigenvalue weighted by Gasteiger charge is -2.10. The summed E-state index contributed by atoms with van der Waals surface area (Å²) in [4.78, 5) is 13.9. The quantitative estimate of drug-likeness (QED) is 0.631. The molecule has 8 heteroatoms. The van der Waals surface area contributed by atoms with E-state index in [1.54, 1.807) is 25.3 Å². The normalized spacial score (nSPS) is 11.9. The van der Waals surface area contributed by atoms with Crippen LogP contribution in [0.2, 0.25) is 5.02 Å². The van der Waals surface area contributed by atoms with Crippen LogP contribution in [-0.2, 0) is 6.18 Å². The van der Waals surface area contributed by atoms with Gasteiger partial charge in [-0.25, -0.2) is 9.98 Å². The summed E-state index contributed by atoms with van der Waals surface area (Å²) >= 11 is 5.58. The average molecular weight is 329 g/mol. The van der Waals surface area contributed by atoms with E-state index in [1.807, 2.05) is 0 Å². The molecule has 1 aromatic heterocycles. The summed E-state index contributed by atoms with van der Waals surface area (Å²) in [6, 6.07) is 3.61. The molecule has 0 aliphatic rings. The molecule has 0 aliphatic heterocycles. The van der Waals surface area contributed by atoms with E-state index in [1.165, 1.54) is 24.5 Å². The molecule has 0 saturated carbocycles. The Morgan fingerprint density at radius 2 is 1.91 bits per heavy atom. The van der Waals surface area contributed by atoms with Crippen molar-refractivity contribution >= 4 is 23.8 Å². The number of nitrogens with zero attached hydrogens (tertiary/aromatic N) is 4. The van der Waals surface area contributed by atoms with E-state index in [0.29, 0.717) is 11.5 Å². The van der Waals surface area contributed by atoms with Crippen molar-refractivity contribution in [2.75, 3.05) is 14.1 Å². The molecule has 0 fully saturated rings. The zero-order chi connectivity index (χ0) is 16.3. The highest BCUT2D eigenvalue weighted by Crippen LogP contribution is 2.36. The van der Waals surface area contributed by atoms with Gasteiger partial charge in [0, 0.05) is 19.7 Å². The zero-order valence-corrected chi connectivity index (χ0v) is 12.5. The van der Waals surface area contributed by atoms with Gasteiger partial charge >= 0.3 is 6.18 Å². The summed E-state index contributed by atoms with van der Waals surface area (Å²) in [6.07, 6.45) is -0.215. The Hall–Kier alpha value is -2.15. The van der Waals surface area contributed by atoms with Crippen molar-refractivity contribution in [1.82, 2.24) is 14.9 Å². The van der Waals surface area contributed by atoms with E-state index in [4.69, 9.17) is 11.6 Å². The van der Waals surface area contributed by atoms with Crippen LogP contribution in [0.3, 0.4) is 0 Å². The summed E-state index contributed by atoms with van der Waals surface area (Å²) in [5.41, 5.74) is -0.304. The molecule has 116 valence electrons. The molecule has 0 bridgehead atoms. The van der Waals surface area contributed by atoms with Crippen molar-refractivity contribution in [3.8, 4) is 11.3 Å². The van der Waals surface area contributed by atoms with Gasteiger partial charge in [-0.05, 0) is 12.1 Å². The van der Waals surface area contributed by atoms with Crippen molar-refractivity contribution in [2.24, 2.45) is 4.99 Å². The van der Waals surface area contributed by atoms with Crippen LogP contribution in [-0.4, -0.2) is 35.3 Å². The number of aliphatic imine (C=N–C) groups is 1. The van der Waals surface area contributed by atoms with Crippen LogP contribution in [0.5, 0.6) is 0 Å². The summed E-state index contributed by atoms with van der Waals surface area (Å²) in [5.74, 6) is 0.363. The first-order valence-corrected chi connectivity index (χ1v) is 6.55. The third kappa shape index (κ3) is 3.94. The number of halogens is 4. The minimum atomic E-state index is -4.52. The van der Waals surface area contributed by atoms with Crippen molar-refractivity contribution < 1.29 is 13.2 Å². The fourth-order valence-corrected chi connectivity index (χ4v) is 1.84. The van der Waals surface area contributed by atoms with E-state index in [2.05, 4.69) is 15.0 Å². The lowest BCUT2D eigenvalue weighted by atomic mass is 10.1. The highest BCUT2D eigenvalue weighted by Gasteiger charge is 2.33. The average Bonchev–Trinajstić information content (AvgIpc) is 2.45. The highest BCUT2D eigenvalue weighted by molar-refractivity contribution is 6.31. The molecular formula is C14H12ClF3N4. The van der Waals surface area contributed by atoms with Crippen LogP contribution in [0, 0.1) is 0 Å². The second kappa shape index (κ2) is 6.31. The molecule has 0 radical (unpaired) electrons. The lowest BCUT2D eigenvalue weighted by Crippen LogP contribution is -2.07. The Bertz CT molecular complexity index is 681. The number of hydrogen-bond donors (Lipinski definition) is 0. The monoisotopic (exact) mass is 328 g/mol. The first kappa shape index (κ1) is 16.2. The lowest BCUT2D eigenvalue weighted by molar-refractivity contribution is -0.137. The highest BCUT2D eigenvalue weighted by atomic mass is 35.5. The molecule has 22 heavy (non-hydrogen) atoms. The number of hydrogen-bond acceptors (Lipinski definition) is 3. The van der Waals surface area contributed by atoms with Crippen LogP contribution >= 0.6 is 11.6 Å². The SMILES string of the molecule is CN(C)/C=N/c1cnc(-c2ccc(Cl)c(C(F)(F)F)c2)cn1. The summed E-state index contributed by atoms with van der Waals surface area (Å²) in [7, 11) is 3.61. The Labute approximate surface area is 130 Å². The first-order valence-electron chi connectivity index (χ1n) is 6.17. The zero-order valence-electron chi connectivity index (χ0n) is 11.8. The van der Waals surface area contributed by atoms with Crippen LogP contribution in [0.4, 0.5) is 19.0 Å². The van der Waals surface area contributed by atoms with Gasteiger partial charge in [0.2, 0.25) is 0 Å². The van der Waals surface area contributed by atoms with Gasteiger partial charge < -0.3 is 4.90 Å². The molecule has 1 heterocycles. The van der Waals surface area contributed by atoms with Crippen molar-refractivity contribution in [3.05, 3.63) is 41.2 Å². The van der Waals surface area contributed by atoms with E-state index in [0.717, 1.165) is 6.07 Å².